The van der Waals surface area contributed by atoms with Crippen LogP contribution < -0.4 is 15.7 Å². The van der Waals surface area contributed by atoms with Gasteiger partial charge in [0.2, 0.25) is 5.91 Å². The van der Waals surface area contributed by atoms with Gasteiger partial charge in [0.05, 0.1) is 35.3 Å². The molecule has 5 heterocycles. The molecule has 0 spiro atoms. The SMILES string of the molecule is C=CC(=O)N1CC(Nc2nc(=O)n(-c3c(C)ccnc3C(C)C)c3nc(-c4c(O)cccc4F)c4c(c23)OCC4)C1. The molecule has 0 aliphatic carbocycles. The van der Waals surface area contributed by atoms with E-state index in [4.69, 9.17) is 9.72 Å². The van der Waals surface area contributed by atoms with Crippen LogP contribution >= 0.6 is 0 Å². The molecule has 6 rings (SSSR count). The lowest BCUT2D eigenvalue weighted by molar-refractivity contribution is -0.129. The number of carbonyl (C=O) groups excluding carboxylic acids is 1. The number of amides is 1. The summed E-state index contributed by atoms with van der Waals surface area (Å²) in [5.74, 6) is -0.441. The molecule has 11 heteroatoms. The van der Waals surface area contributed by atoms with Gasteiger partial charge in [-0.05, 0) is 42.7 Å². The number of rotatable bonds is 6. The van der Waals surface area contributed by atoms with Crippen molar-refractivity contribution in [1.29, 1.82) is 0 Å². The molecular weight excluding hydrogens is 527 g/mol. The molecule has 2 N–H and O–H groups in total. The predicted octanol–water partition coefficient (Wildman–Crippen LogP) is 3.86. The number of pyridine rings is 2. The van der Waals surface area contributed by atoms with Crippen molar-refractivity contribution >= 4 is 22.8 Å². The summed E-state index contributed by atoms with van der Waals surface area (Å²) in [6.45, 7) is 10.5. The van der Waals surface area contributed by atoms with Crippen molar-refractivity contribution in [2.24, 2.45) is 0 Å². The molecular formula is C30H29FN6O4. The average Bonchev–Trinajstić information content (AvgIpc) is 3.40. The number of carbonyl (C=O) groups is 1. The molecule has 10 nitrogen and oxygen atoms in total. The maximum Gasteiger partial charge on any atom is 0.355 e. The van der Waals surface area contributed by atoms with Crippen molar-refractivity contribution < 1.29 is 19.0 Å². The molecule has 1 fully saturated rings. The van der Waals surface area contributed by atoms with Crippen molar-refractivity contribution in [2.75, 3.05) is 25.0 Å². The van der Waals surface area contributed by atoms with E-state index in [-0.39, 0.29) is 46.3 Å². The monoisotopic (exact) mass is 556 g/mol. The molecule has 0 bridgehead atoms. The van der Waals surface area contributed by atoms with Crippen molar-refractivity contribution in [3.8, 4) is 28.4 Å². The smallest absolute Gasteiger partial charge is 0.355 e. The highest BCUT2D eigenvalue weighted by Crippen LogP contribution is 2.44. The molecule has 0 unspecified atom stereocenters. The van der Waals surface area contributed by atoms with Gasteiger partial charge in [-0.3, -0.25) is 9.78 Å². The van der Waals surface area contributed by atoms with E-state index in [2.05, 4.69) is 21.9 Å². The maximum absolute atomic E-state index is 15.2. The molecule has 1 amide bonds. The van der Waals surface area contributed by atoms with E-state index >= 15 is 4.39 Å². The van der Waals surface area contributed by atoms with Crippen LogP contribution in [0.4, 0.5) is 10.2 Å². The van der Waals surface area contributed by atoms with Crippen LogP contribution in [0.2, 0.25) is 0 Å². The lowest BCUT2D eigenvalue weighted by Gasteiger charge is -2.39. The van der Waals surface area contributed by atoms with Gasteiger partial charge in [-0.1, -0.05) is 26.5 Å². The first kappa shape index (κ1) is 26.4. The lowest BCUT2D eigenvalue weighted by atomic mass is 10.00. The van der Waals surface area contributed by atoms with E-state index in [1.54, 1.807) is 17.2 Å². The van der Waals surface area contributed by atoms with Crippen molar-refractivity contribution in [3.05, 3.63) is 76.2 Å². The van der Waals surface area contributed by atoms with Crippen molar-refractivity contribution in [2.45, 2.75) is 39.2 Å². The molecule has 0 saturated carbocycles. The highest BCUT2D eigenvalue weighted by molar-refractivity contribution is 5.98. The first-order chi connectivity index (χ1) is 19.7. The van der Waals surface area contributed by atoms with Crippen LogP contribution in [-0.2, 0) is 11.2 Å². The van der Waals surface area contributed by atoms with E-state index in [1.165, 1.54) is 28.8 Å². The molecule has 4 aromatic rings. The van der Waals surface area contributed by atoms with Crippen molar-refractivity contribution in [1.82, 2.24) is 24.4 Å². The number of phenols is 1. The Bertz CT molecular complexity index is 1770. The fraction of sp³-hybridized carbons (Fsp3) is 0.300. The van der Waals surface area contributed by atoms with E-state index in [0.717, 1.165) is 5.56 Å². The quantitative estimate of drug-likeness (QED) is 0.344. The number of benzene rings is 1. The number of halogens is 1. The summed E-state index contributed by atoms with van der Waals surface area (Å²) in [5, 5.41) is 14.5. The average molecular weight is 557 g/mol. The molecule has 2 aliphatic rings. The van der Waals surface area contributed by atoms with E-state index in [0.29, 0.717) is 54.2 Å². The lowest BCUT2D eigenvalue weighted by Crippen LogP contribution is -2.56. The zero-order valence-electron chi connectivity index (χ0n) is 22.9. The number of hydrogen-bond donors (Lipinski definition) is 2. The normalized spacial score (nSPS) is 14.6. The van der Waals surface area contributed by atoms with Crippen LogP contribution in [0, 0.1) is 12.7 Å². The summed E-state index contributed by atoms with van der Waals surface area (Å²) in [7, 11) is 0. The van der Waals surface area contributed by atoms with Crippen LogP contribution in [0.1, 0.15) is 36.6 Å². The zero-order chi connectivity index (χ0) is 29.0. The minimum absolute atomic E-state index is 0.0335. The van der Waals surface area contributed by atoms with Gasteiger partial charge in [0, 0.05) is 31.3 Å². The molecule has 2 aliphatic heterocycles. The van der Waals surface area contributed by atoms with Gasteiger partial charge in [0.1, 0.15) is 28.5 Å². The van der Waals surface area contributed by atoms with Gasteiger partial charge in [-0.15, -0.1) is 0 Å². The van der Waals surface area contributed by atoms with Gasteiger partial charge in [-0.2, -0.15) is 4.98 Å². The summed E-state index contributed by atoms with van der Waals surface area (Å²) in [5.41, 5.74) is 2.33. The van der Waals surface area contributed by atoms with Crippen LogP contribution in [0.5, 0.6) is 11.5 Å². The van der Waals surface area contributed by atoms with Crippen LogP contribution in [-0.4, -0.2) is 61.2 Å². The van der Waals surface area contributed by atoms with E-state index < -0.39 is 11.5 Å². The highest BCUT2D eigenvalue weighted by atomic mass is 19.1. The standard InChI is InChI=1S/C30H29FN6O4/c1-5-21(39)36-13-17(14-36)33-28-23-27-18(10-12-41-27)25(22-19(31)7-6-8-20(22)38)34-29(23)37(30(40)35-28)26-16(4)9-11-32-24(26)15(2)3/h5-9,11,15,17,38H,1,10,12-14H2,2-4H3,(H,33,35,40). The summed E-state index contributed by atoms with van der Waals surface area (Å²) in [6, 6.07) is 5.71. The van der Waals surface area contributed by atoms with Gasteiger partial charge < -0.3 is 20.1 Å². The van der Waals surface area contributed by atoms with Gasteiger partial charge >= 0.3 is 5.69 Å². The van der Waals surface area contributed by atoms with Gasteiger partial charge in [0.25, 0.3) is 0 Å². The second kappa shape index (κ2) is 9.99. The molecule has 41 heavy (non-hydrogen) atoms. The number of ether oxygens (including phenoxy) is 1. The topological polar surface area (TPSA) is 122 Å². The second-order valence-electron chi connectivity index (χ2n) is 10.6. The third-order valence-electron chi connectivity index (χ3n) is 7.54. The number of aryl methyl sites for hydroxylation is 1. The number of aromatic nitrogens is 4. The molecule has 0 radical (unpaired) electrons. The molecule has 1 saturated heterocycles. The predicted molar refractivity (Wildman–Crippen MR) is 152 cm³/mol. The minimum atomic E-state index is -0.644. The Labute approximate surface area is 235 Å². The number of anilines is 1. The van der Waals surface area contributed by atoms with Crippen LogP contribution in [0.15, 0.2) is 47.9 Å². The number of nitrogens with one attached hydrogen (secondary N) is 1. The van der Waals surface area contributed by atoms with Crippen molar-refractivity contribution in [3.63, 3.8) is 0 Å². The minimum Gasteiger partial charge on any atom is -0.507 e. The number of phenolic OH excluding ortho intramolecular Hbond substituents is 1. The number of fused-ring (bicyclic) bond motifs is 3. The Morgan fingerprint density at radius 1 is 1.27 bits per heavy atom. The first-order valence-electron chi connectivity index (χ1n) is 13.4. The molecule has 0 atom stereocenters. The largest absolute Gasteiger partial charge is 0.507 e. The van der Waals surface area contributed by atoms with Gasteiger partial charge in [0.15, 0.2) is 5.65 Å². The number of aromatic hydroxyl groups is 1. The van der Waals surface area contributed by atoms with Crippen LogP contribution in [0.3, 0.4) is 0 Å². The Balaban J connectivity index is 1.66. The third-order valence-corrected chi connectivity index (χ3v) is 7.54. The molecule has 1 aromatic carbocycles. The van der Waals surface area contributed by atoms with Crippen LogP contribution in [0.25, 0.3) is 28.0 Å². The highest BCUT2D eigenvalue weighted by Gasteiger charge is 2.34. The number of likely N-dealkylation sites (tertiary alicyclic amines) is 1. The number of hydrogen-bond acceptors (Lipinski definition) is 8. The fourth-order valence-electron chi connectivity index (χ4n) is 5.52. The summed E-state index contributed by atoms with van der Waals surface area (Å²) in [6.07, 6.45) is 3.38. The Hall–Kier alpha value is -4.80. The summed E-state index contributed by atoms with van der Waals surface area (Å²) >= 11 is 0. The maximum atomic E-state index is 15.2. The van der Waals surface area contributed by atoms with Gasteiger partial charge in [-0.25, -0.2) is 18.7 Å². The second-order valence-corrected chi connectivity index (χ2v) is 10.6. The van der Waals surface area contributed by atoms with E-state index in [1.807, 2.05) is 20.8 Å². The third kappa shape index (κ3) is 4.28. The molecule has 210 valence electrons. The van der Waals surface area contributed by atoms with E-state index in [9.17, 15) is 14.7 Å². The zero-order valence-corrected chi connectivity index (χ0v) is 22.9. The fourth-order valence-corrected chi connectivity index (χ4v) is 5.52. The first-order valence-corrected chi connectivity index (χ1v) is 13.4. The Morgan fingerprint density at radius 3 is 2.76 bits per heavy atom. The summed E-state index contributed by atoms with van der Waals surface area (Å²) in [4.78, 5) is 41.4. The molecule has 3 aromatic heterocycles. The Kier molecular flexibility index (Phi) is 6.44. The number of nitrogens with zero attached hydrogens (tertiary/aromatic N) is 5. The summed E-state index contributed by atoms with van der Waals surface area (Å²) < 4.78 is 22.7. The Morgan fingerprint density at radius 2 is 2.05 bits per heavy atom.